The molecule has 0 aliphatic carbocycles. The molecule has 0 aromatic carbocycles. The van der Waals surface area contributed by atoms with Gasteiger partial charge in [0.2, 0.25) is 5.43 Å². The van der Waals surface area contributed by atoms with Crippen molar-refractivity contribution in [3.05, 3.63) is 27.2 Å². The Labute approximate surface area is 118 Å². The van der Waals surface area contributed by atoms with Gasteiger partial charge in [0.25, 0.3) is 5.91 Å². The molecule has 3 heterocycles. The highest BCUT2D eigenvalue weighted by molar-refractivity contribution is 7.17. The topological polar surface area (TPSA) is 71.8 Å². The number of carbonyl (C=O) groups is 1. The van der Waals surface area contributed by atoms with Gasteiger partial charge in [-0.05, 0) is 0 Å². The van der Waals surface area contributed by atoms with E-state index < -0.39 is 0 Å². The van der Waals surface area contributed by atoms with Gasteiger partial charge < -0.3 is 19.4 Å². The number of carbonyl (C=O) groups excluding carboxylic acids is 1. The zero-order valence-electron chi connectivity index (χ0n) is 11.0. The highest BCUT2D eigenvalue weighted by atomic mass is 32.1. The minimum Gasteiger partial charge on any atom is -0.439 e. The number of fused-ring (bicyclic) bond motifs is 1. The number of hydrogen-bond donors (Lipinski definition) is 1. The predicted octanol–water partition coefficient (Wildman–Crippen LogP) is 1.05. The third-order valence-electron chi connectivity index (χ3n) is 3.22. The molecule has 1 saturated heterocycles. The van der Waals surface area contributed by atoms with Gasteiger partial charge in [-0.2, -0.15) is 0 Å². The van der Waals surface area contributed by atoms with Crippen LogP contribution in [0.1, 0.15) is 10.4 Å². The smallest absolute Gasteiger partial charge is 0.255 e. The molecule has 0 atom stereocenters. The number of thiophene rings is 1. The zero-order valence-corrected chi connectivity index (χ0v) is 11.8. The monoisotopic (exact) mass is 294 g/mol. The van der Waals surface area contributed by atoms with Crippen molar-refractivity contribution in [3.63, 3.8) is 0 Å². The van der Waals surface area contributed by atoms with E-state index in [2.05, 4.69) is 5.32 Å². The number of anilines is 1. The van der Waals surface area contributed by atoms with Crippen LogP contribution in [0.5, 0.6) is 0 Å². The van der Waals surface area contributed by atoms with Crippen LogP contribution in [-0.2, 0) is 4.74 Å². The largest absolute Gasteiger partial charge is 0.439 e. The summed E-state index contributed by atoms with van der Waals surface area (Å²) in [5.74, 6) is 0.243. The van der Waals surface area contributed by atoms with Crippen molar-refractivity contribution in [1.82, 2.24) is 5.32 Å². The molecule has 0 spiro atoms. The van der Waals surface area contributed by atoms with Gasteiger partial charge in [-0.3, -0.25) is 9.59 Å². The van der Waals surface area contributed by atoms with Crippen LogP contribution >= 0.6 is 11.3 Å². The fourth-order valence-corrected chi connectivity index (χ4v) is 3.04. The van der Waals surface area contributed by atoms with Crippen LogP contribution < -0.4 is 15.6 Å². The molecule has 2 aromatic heterocycles. The van der Waals surface area contributed by atoms with Crippen molar-refractivity contribution in [1.29, 1.82) is 0 Å². The minimum atomic E-state index is -0.251. The highest BCUT2D eigenvalue weighted by Gasteiger charge is 2.20. The van der Waals surface area contributed by atoms with E-state index in [1.165, 1.54) is 17.4 Å². The fraction of sp³-hybridized carbons (Fsp3) is 0.385. The molecule has 7 heteroatoms. The number of nitrogens with one attached hydrogen (secondary N) is 1. The molecule has 0 unspecified atom stereocenters. The van der Waals surface area contributed by atoms with Crippen molar-refractivity contribution in [2.75, 3.05) is 38.3 Å². The lowest BCUT2D eigenvalue weighted by Gasteiger charge is -2.27. The van der Waals surface area contributed by atoms with Gasteiger partial charge in [0.05, 0.1) is 18.8 Å². The molecule has 0 saturated carbocycles. The number of nitrogens with zero attached hydrogens (tertiary/aromatic N) is 1. The Hall–Kier alpha value is -1.86. The fourth-order valence-electron chi connectivity index (χ4n) is 2.16. The summed E-state index contributed by atoms with van der Waals surface area (Å²) in [5.41, 5.74) is 0.649. The van der Waals surface area contributed by atoms with Crippen molar-refractivity contribution >= 4 is 33.4 Å². The van der Waals surface area contributed by atoms with Gasteiger partial charge in [-0.1, -0.05) is 0 Å². The third kappa shape index (κ3) is 2.19. The first-order chi connectivity index (χ1) is 9.70. The summed E-state index contributed by atoms with van der Waals surface area (Å²) in [4.78, 5) is 25.9. The van der Waals surface area contributed by atoms with Crippen molar-refractivity contribution in [3.8, 4) is 0 Å². The molecule has 0 radical (unpaired) electrons. The van der Waals surface area contributed by atoms with Crippen molar-refractivity contribution < 1.29 is 13.9 Å². The molecule has 106 valence electrons. The lowest BCUT2D eigenvalue weighted by atomic mass is 10.2. The van der Waals surface area contributed by atoms with Crippen LogP contribution in [-0.4, -0.2) is 39.3 Å². The molecule has 2 aromatic rings. The van der Waals surface area contributed by atoms with Crippen LogP contribution in [0.25, 0.3) is 10.3 Å². The molecule has 6 nitrogen and oxygen atoms in total. The van der Waals surface area contributed by atoms with Crippen LogP contribution in [0, 0.1) is 0 Å². The molecule has 3 rings (SSSR count). The van der Waals surface area contributed by atoms with E-state index in [-0.39, 0.29) is 11.3 Å². The van der Waals surface area contributed by atoms with Crippen molar-refractivity contribution in [2.24, 2.45) is 0 Å². The Balaban J connectivity index is 2.11. The molecule has 1 amide bonds. The average Bonchev–Trinajstić information content (AvgIpc) is 2.92. The van der Waals surface area contributed by atoms with Crippen LogP contribution in [0.2, 0.25) is 0 Å². The first-order valence-corrected chi connectivity index (χ1v) is 7.19. The van der Waals surface area contributed by atoms with E-state index in [9.17, 15) is 9.59 Å². The van der Waals surface area contributed by atoms with E-state index in [0.29, 0.717) is 48.0 Å². The van der Waals surface area contributed by atoms with E-state index in [1.807, 2.05) is 4.90 Å². The second kappa shape index (κ2) is 5.26. The Bertz CT molecular complexity index is 700. The number of rotatable bonds is 2. The molecule has 1 aliphatic rings. The van der Waals surface area contributed by atoms with Crippen LogP contribution in [0.15, 0.2) is 20.7 Å². The van der Waals surface area contributed by atoms with Gasteiger partial charge in [0.15, 0.2) is 11.5 Å². The maximum Gasteiger partial charge on any atom is 0.255 e. The molecule has 20 heavy (non-hydrogen) atoms. The molecule has 0 bridgehead atoms. The Kier molecular flexibility index (Phi) is 3.45. The second-order valence-corrected chi connectivity index (χ2v) is 5.31. The molecule has 1 fully saturated rings. The Morgan fingerprint density at radius 1 is 1.40 bits per heavy atom. The first-order valence-electron chi connectivity index (χ1n) is 6.31. The summed E-state index contributed by atoms with van der Waals surface area (Å²) in [6.45, 7) is 2.56. The highest BCUT2D eigenvalue weighted by Crippen LogP contribution is 2.27. The Morgan fingerprint density at radius 2 is 2.15 bits per heavy atom. The molecular weight excluding hydrogens is 280 g/mol. The second-order valence-electron chi connectivity index (χ2n) is 4.44. The maximum absolute atomic E-state index is 12.1. The summed E-state index contributed by atoms with van der Waals surface area (Å²) in [6.07, 6.45) is 0. The van der Waals surface area contributed by atoms with Crippen LogP contribution in [0.4, 0.5) is 5.88 Å². The lowest BCUT2D eigenvalue weighted by molar-refractivity contribution is 0.0964. The number of amides is 1. The number of ether oxygens (including phenoxy) is 1. The summed E-state index contributed by atoms with van der Waals surface area (Å²) < 4.78 is 11.5. The SMILES string of the molecule is CNC(=O)c1csc2c(=O)cc(N3CCOCC3)oc12. The quantitative estimate of drug-likeness (QED) is 0.896. The van der Waals surface area contributed by atoms with E-state index >= 15 is 0 Å². The van der Waals surface area contributed by atoms with Crippen LogP contribution in [0.3, 0.4) is 0 Å². The van der Waals surface area contributed by atoms with Gasteiger partial charge in [0.1, 0.15) is 4.70 Å². The standard InChI is InChI=1S/C13H14N2O4S/c1-14-13(17)8-7-20-12-9(16)6-10(19-11(8)12)15-2-4-18-5-3-15/h6-7H,2-5H2,1H3,(H,14,17). The van der Waals surface area contributed by atoms with Crippen molar-refractivity contribution in [2.45, 2.75) is 0 Å². The summed E-state index contributed by atoms with van der Waals surface area (Å²) in [6, 6.07) is 1.48. The number of morpholine rings is 1. The normalized spacial score (nSPS) is 15.6. The van der Waals surface area contributed by atoms with E-state index in [0.717, 1.165) is 0 Å². The maximum atomic E-state index is 12.1. The molecule has 1 N–H and O–H groups in total. The summed E-state index contributed by atoms with van der Waals surface area (Å²) >= 11 is 1.23. The summed E-state index contributed by atoms with van der Waals surface area (Å²) in [5, 5.41) is 4.20. The molecular formula is C13H14N2O4S. The lowest BCUT2D eigenvalue weighted by Crippen LogP contribution is -2.36. The Morgan fingerprint density at radius 3 is 2.85 bits per heavy atom. The summed E-state index contributed by atoms with van der Waals surface area (Å²) in [7, 11) is 1.55. The van der Waals surface area contributed by atoms with Gasteiger partial charge in [0, 0.05) is 31.6 Å². The first kappa shape index (κ1) is 13.1. The third-order valence-corrected chi connectivity index (χ3v) is 4.20. The zero-order chi connectivity index (χ0) is 14.1. The molecule has 1 aliphatic heterocycles. The van der Waals surface area contributed by atoms with Gasteiger partial charge in [-0.25, -0.2) is 0 Å². The van der Waals surface area contributed by atoms with Gasteiger partial charge >= 0.3 is 0 Å². The van der Waals surface area contributed by atoms with E-state index in [4.69, 9.17) is 9.15 Å². The average molecular weight is 294 g/mol. The number of hydrogen-bond acceptors (Lipinski definition) is 6. The van der Waals surface area contributed by atoms with Gasteiger partial charge in [-0.15, -0.1) is 11.3 Å². The predicted molar refractivity (Wildman–Crippen MR) is 76.8 cm³/mol. The van der Waals surface area contributed by atoms with E-state index in [1.54, 1.807) is 12.4 Å². The minimum absolute atomic E-state index is 0.118.